The van der Waals surface area contributed by atoms with Crippen molar-refractivity contribution in [1.29, 1.82) is 0 Å². The summed E-state index contributed by atoms with van der Waals surface area (Å²) in [6.45, 7) is 12.5. The van der Waals surface area contributed by atoms with Crippen LogP contribution in [0.25, 0.3) is 0 Å². The SMILES string of the molecule is C=CCC(C)(CCC)CCOCCC(CO)CCC. The van der Waals surface area contributed by atoms with E-state index in [1.807, 2.05) is 6.08 Å². The Morgan fingerprint density at radius 2 is 1.89 bits per heavy atom. The van der Waals surface area contributed by atoms with E-state index >= 15 is 0 Å². The van der Waals surface area contributed by atoms with Crippen LogP contribution in [0.15, 0.2) is 12.7 Å². The highest BCUT2D eigenvalue weighted by atomic mass is 16.5. The molecule has 0 amide bonds. The van der Waals surface area contributed by atoms with E-state index in [2.05, 4.69) is 27.4 Å². The van der Waals surface area contributed by atoms with Crippen LogP contribution in [0.5, 0.6) is 0 Å². The molecule has 2 unspecified atom stereocenters. The van der Waals surface area contributed by atoms with E-state index in [0.29, 0.717) is 17.9 Å². The Hall–Kier alpha value is -0.340. The minimum Gasteiger partial charge on any atom is -0.396 e. The van der Waals surface area contributed by atoms with Crippen molar-refractivity contribution >= 4 is 0 Å². The number of allylic oxidation sites excluding steroid dienone is 1. The fourth-order valence-corrected chi connectivity index (χ4v) is 2.69. The van der Waals surface area contributed by atoms with Crippen LogP contribution in [0.2, 0.25) is 0 Å². The van der Waals surface area contributed by atoms with E-state index in [0.717, 1.165) is 45.3 Å². The van der Waals surface area contributed by atoms with Crippen molar-refractivity contribution in [3.05, 3.63) is 12.7 Å². The molecule has 0 fully saturated rings. The molecule has 0 spiro atoms. The van der Waals surface area contributed by atoms with Crippen LogP contribution < -0.4 is 0 Å². The molecule has 0 aromatic rings. The quantitative estimate of drug-likeness (QED) is 0.392. The molecule has 0 aromatic carbocycles. The van der Waals surface area contributed by atoms with E-state index < -0.39 is 0 Å². The number of aliphatic hydroxyl groups excluding tert-OH is 1. The second-order valence-corrected chi connectivity index (χ2v) is 6.04. The summed E-state index contributed by atoms with van der Waals surface area (Å²) in [6.07, 6.45) is 9.87. The second kappa shape index (κ2) is 11.5. The first-order valence-corrected chi connectivity index (χ1v) is 7.91. The Bertz CT molecular complexity index is 215. The van der Waals surface area contributed by atoms with E-state index in [-0.39, 0.29) is 0 Å². The summed E-state index contributed by atoms with van der Waals surface area (Å²) in [5.41, 5.74) is 0.344. The van der Waals surface area contributed by atoms with Crippen LogP contribution >= 0.6 is 0 Å². The molecule has 0 aliphatic carbocycles. The topological polar surface area (TPSA) is 29.5 Å². The lowest BCUT2D eigenvalue weighted by Crippen LogP contribution is -2.19. The predicted molar refractivity (Wildman–Crippen MR) is 83.4 cm³/mol. The molecule has 0 heterocycles. The molecule has 0 rings (SSSR count). The fraction of sp³-hybridized carbons (Fsp3) is 0.882. The molecule has 0 saturated heterocycles. The van der Waals surface area contributed by atoms with Gasteiger partial charge in [-0.3, -0.25) is 0 Å². The third-order valence-electron chi connectivity index (χ3n) is 3.97. The van der Waals surface area contributed by atoms with Crippen LogP contribution in [0, 0.1) is 11.3 Å². The van der Waals surface area contributed by atoms with Gasteiger partial charge in [-0.25, -0.2) is 0 Å². The van der Waals surface area contributed by atoms with Gasteiger partial charge >= 0.3 is 0 Å². The van der Waals surface area contributed by atoms with E-state index in [1.165, 1.54) is 12.8 Å². The molecule has 0 bridgehead atoms. The summed E-state index contributed by atoms with van der Waals surface area (Å²) in [5.74, 6) is 0.417. The van der Waals surface area contributed by atoms with Crippen molar-refractivity contribution in [1.82, 2.24) is 0 Å². The maximum atomic E-state index is 9.22. The summed E-state index contributed by atoms with van der Waals surface area (Å²) in [4.78, 5) is 0. The van der Waals surface area contributed by atoms with E-state index in [1.54, 1.807) is 0 Å². The van der Waals surface area contributed by atoms with Crippen LogP contribution in [0.3, 0.4) is 0 Å². The second-order valence-electron chi connectivity index (χ2n) is 6.04. The standard InChI is InChI=1S/C17H34O2/c1-5-8-16(15-18)9-13-19-14-12-17(4,10-6-2)11-7-3/h6,16,18H,2,5,7-15H2,1,3-4H3. The number of rotatable bonds is 13. The van der Waals surface area contributed by atoms with Crippen LogP contribution in [0.1, 0.15) is 65.7 Å². The Kier molecular flexibility index (Phi) is 11.3. The molecule has 0 aliphatic rings. The highest BCUT2D eigenvalue weighted by molar-refractivity contribution is 4.82. The molecule has 2 atom stereocenters. The Morgan fingerprint density at radius 1 is 1.16 bits per heavy atom. The summed E-state index contributed by atoms with van der Waals surface area (Å²) < 4.78 is 5.76. The van der Waals surface area contributed by atoms with Gasteiger partial charge in [0, 0.05) is 19.8 Å². The summed E-state index contributed by atoms with van der Waals surface area (Å²) >= 11 is 0. The van der Waals surface area contributed by atoms with Crippen molar-refractivity contribution in [3.8, 4) is 0 Å². The molecular formula is C17H34O2. The van der Waals surface area contributed by atoms with Gasteiger partial charge < -0.3 is 9.84 Å². The molecule has 19 heavy (non-hydrogen) atoms. The van der Waals surface area contributed by atoms with E-state index in [9.17, 15) is 5.11 Å². The average Bonchev–Trinajstić information content (AvgIpc) is 2.37. The normalized spacial score (nSPS) is 16.0. The largest absolute Gasteiger partial charge is 0.396 e. The molecule has 114 valence electrons. The average molecular weight is 270 g/mol. The monoisotopic (exact) mass is 270 g/mol. The van der Waals surface area contributed by atoms with Crippen molar-refractivity contribution in [2.75, 3.05) is 19.8 Å². The van der Waals surface area contributed by atoms with Crippen LogP contribution in [-0.4, -0.2) is 24.9 Å². The van der Waals surface area contributed by atoms with Crippen LogP contribution in [-0.2, 0) is 4.74 Å². The Morgan fingerprint density at radius 3 is 2.42 bits per heavy atom. The molecule has 2 nitrogen and oxygen atoms in total. The summed E-state index contributed by atoms with van der Waals surface area (Å²) in [7, 11) is 0. The summed E-state index contributed by atoms with van der Waals surface area (Å²) in [5, 5.41) is 9.22. The van der Waals surface area contributed by atoms with Crippen molar-refractivity contribution in [3.63, 3.8) is 0 Å². The van der Waals surface area contributed by atoms with Crippen molar-refractivity contribution in [2.24, 2.45) is 11.3 Å². The van der Waals surface area contributed by atoms with Gasteiger partial charge in [-0.2, -0.15) is 0 Å². The molecule has 2 heteroatoms. The Balaban J connectivity index is 3.78. The van der Waals surface area contributed by atoms with Gasteiger partial charge in [0.15, 0.2) is 0 Å². The van der Waals surface area contributed by atoms with Gasteiger partial charge in [0.05, 0.1) is 0 Å². The lowest BCUT2D eigenvalue weighted by molar-refractivity contribution is 0.0772. The fourth-order valence-electron chi connectivity index (χ4n) is 2.69. The smallest absolute Gasteiger partial charge is 0.0471 e. The molecule has 0 aliphatic heterocycles. The van der Waals surface area contributed by atoms with E-state index in [4.69, 9.17) is 4.74 Å². The third-order valence-corrected chi connectivity index (χ3v) is 3.97. The lowest BCUT2D eigenvalue weighted by atomic mass is 9.79. The van der Waals surface area contributed by atoms with Gasteiger partial charge in [0.25, 0.3) is 0 Å². The van der Waals surface area contributed by atoms with Gasteiger partial charge in [-0.15, -0.1) is 6.58 Å². The first kappa shape index (κ1) is 18.7. The Labute approximate surface area is 120 Å². The van der Waals surface area contributed by atoms with Gasteiger partial charge in [-0.05, 0) is 43.4 Å². The first-order chi connectivity index (χ1) is 9.11. The number of hydrogen-bond donors (Lipinski definition) is 1. The van der Waals surface area contributed by atoms with Crippen LogP contribution in [0.4, 0.5) is 0 Å². The lowest BCUT2D eigenvalue weighted by Gasteiger charge is -2.28. The zero-order valence-corrected chi connectivity index (χ0v) is 13.3. The number of ether oxygens (including phenoxy) is 1. The number of hydrogen-bond acceptors (Lipinski definition) is 2. The first-order valence-electron chi connectivity index (χ1n) is 7.91. The van der Waals surface area contributed by atoms with Crippen molar-refractivity contribution in [2.45, 2.75) is 65.7 Å². The summed E-state index contributed by atoms with van der Waals surface area (Å²) in [6, 6.07) is 0. The maximum absolute atomic E-state index is 9.22. The third kappa shape index (κ3) is 9.23. The molecule has 0 saturated carbocycles. The van der Waals surface area contributed by atoms with Gasteiger partial charge in [0.1, 0.15) is 0 Å². The molecule has 0 aromatic heterocycles. The van der Waals surface area contributed by atoms with Gasteiger partial charge in [0.2, 0.25) is 0 Å². The maximum Gasteiger partial charge on any atom is 0.0471 e. The zero-order valence-electron chi connectivity index (χ0n) is 13.3. The molecular weight excluding hydrogens is 236 g/mol. The van der Waals surface area contributed by atoms with Crippen molar-refractivity contribution < 1.29 is 9.84 Å². The highest BCUT2D eigenvalue weighted by Gasteiger charge is 2.21. The minimum absolute atomic E-state index is 0.293. The minimum atomic E-state index is 0.293. The van der Waals surface area contributed by atoms with Gasteiger partial charge in [-0.1, -0.05) is 39.7 Å². The predicted octanol–water partition coefficient (Wildman–Crippen LogP) is 4.57. The highest BCUT2D eigenvalue weighted by Crippen LogP contribution is 2.32. The number of aliphatic hydroxyl groups is 1. The zero-order chi connectivity index (χ0) is 14.6. The molecule has 1 N–H and O–H groups in total. The molecule has 0 radical (unpaired) electrons.